The Balaban J connectivity index is 1.90. The molecule has 4 heteroatoms. The second-order valence-electron chi connectivity index (χ2n) is 5.42. The molecular weight excluding hydrogens is 252 g/mol. The molecule has 1 aromatic carbocycles. The van der Waals surface area contributed by atoms with Crippen molar-refractivity contribution in [1.29, 1.82) is 0 Å². The van der Waals surface area contributed by atoms with Crippen molar-refractivity contribution < 1.29 is 9.90 Å². The first kappa shape index (κ1) is 15.0. The number of anilines is 1. The largest absolute Gasteiger partial charge is 0.396 e. The van der Waals surface area contributed by atoms with Gasteiger partial charge in [-0.25, -0.2) is 0 Å². The lowest BCUT2D eigenvalue weighted by Crippen LogP contribution is -2.40. The van der Waals surface area contributed by atoms with Gasteiger partial charge in [0.25, 0.3) is 0 Å². The van der Waals surface area contributed by atoms with Crippen molar-refractivity contribution in [2.24, 2.45) is 0 Å². The number of aliphatic hydroxyl groups excluding tert-OH is 1. The molecule has 1 aliphatic heterocycles. The average molecular weight is 276 g/mol. The number of hydrogen-bond acceptors (Lipinski definition) is 3. The molecule has 1 aromatic rings. The van der Waals surface area contributed by atoms with Crippen LogP contribution in [0.3, 0.4) is 0 Å². The molecule has 1 atom stereocenters. The van der Waals surface area contributed by atoms with Crippen LogP contribution in [0.5, 0.6) is 0 Å². The van der Waals surface area contributed by atoms with Crippen LogP contribution in [0.2, 0.25) is 0 Å². The summed E-state index contributed by atoms with van der Waals surface area (Å²) in [7, 11) is 1.83. The highest BCUT2D eigenvalue weighted by Crippen LogP contribution is 2.21. The second kappa shape index (κ2) is 7.41. The fourth-order valence-corrected chi connectivity index (χ4v) is 2.83. The van der Waals surface area contributed by atoms with Crippen molar-refractivity contribution in [2.75, 3.05) is 31.6 Å². The van der Waals surface area contributed by atoms with Crippen LogP contribution < -0.4 is 4.90 Å². The molecule has 110 valence electrons. The number of para-hydroxylation sites is 1. The Hall–Kier alpha value is -1.39. The van der Waals surface area contributed by atoms with Crippen LogP contribution in [-0.4, -0.2) is 48.7 Å². The molecule has 0 spiro atoms. The van der Waals surface area contributed by atoms with E-state index in [0.717, 1.165) is 37.9 Å². The van der Waals surface area contributed by atoms with Gasteiger partial charge in [0.15, 0.2) is 0 Å². The van der Waals surface area contributed by atoms with Gasteiger partial charge >= 0.3 is 0 Å². The predicted molar refractivity (Wildman–Crippen MR) is 80.8 cm³/mol. The SMILES string of the molecule is CN(C(=O)CN1CCCC1CCCO)c1ccccc1. The molecule has 0 aliphatic carbocycles. The van der Waals surface area contributed by atoms with Crippen molar-refractivity contribution in [2.45, 2.75) is 31.7 Å². The fourth-order valence-electron chi connectivity index (χ4n) is 2.83. The van der Waals surface area contributed by atoms with Gasteiger partial charge in [-0.3, -0.25) is 9.69 Å². The Morgan fingerprint density at radius 1 is 1.40 bits per heavy atom. The summed E-state index contributed by atoms with van der Waals surface area (Å²) in [5.74, 6) is 0.132. The summed E-state index contributed by atoms with van der Waals surface area (Å²) in [6.45, 7) is 1.70. The maximum absolute atomic E-state index is 12.4. The molecule has 1 N–H and O–H groups in total. The molecule has 20 heavy (non-hydrogen) atoms. The summed E-state index contributed by atoms with van der Waals surface area (Å²) in [6.07, 6.45) is 4.10. The van der Waals surface area contributed by atoms with Crippen molar-refractivity contribution in [3.8, 4) is 0 Å². The standard InChI is InChI=1S/C16H24N2O2/c1-17(14-7-3-2-4-8-14)16(20)13-18-11-5-9-15(18)10-6-12-19/h2-4,7-8,15,19H,5-6,9-13H2,1H3. The number of nitrogens with zero attached hydrogens (tertiary/aromatic N) is 2. The first-order valence-electron chi connectivity index (χ1n) is 7.39. The third kappa shape index (κ3) is 3.81. The van der Waals surface area contributed by atoms with Crippen LogP contribution in [0.4, 0.5) is 5.69 Å². The first-order valence-corrected chi connectivity index (χ1v) is 7.39. The molecule has 4 nitrogen and oxygen atoms in total. The molecule has 1 saturated heterocycles. The minimum Gasteiger partial charge on any atom is -0.396 e. The van der Waals surface area contributed by atoms with Crippen molar-refractivity contribution in [3.63, 3.8) is 0 Å². The van der Waals surface area contributed by atoms with E-state index in [1.54, 1.807) is 4.90 Å². The number of carbonyl (C=O) groups excluding carboxylic acids is 1. The lowest BCUT2D eigenvalue weighted by Gasteiger charge is -2.26. The number of aliphatic hydroxyl groups is 1. The highest BCUT2D eigenvalue weighted by Gasteiger charge is 2.26. The van der Waals surface area contributed by atoms with Crippen LogP contribution >= 0.6 is 0 Å². The normalized spacial score (nSPS) is 19.2. The number of amides is 1. The monoisotopic (exact) mass is 276 g/mol. The Labute approximate surface area is 121 Å². The van der Waals surface area contributed by atoms with Gasteiger partial charge in [0.05, 0.1) is 6.54 Å². The van der Waals surface area contributed by atoms with Crippen LogP contribution in [0.25, 0.3) is 0 Å². The Morgan fingerprint density at radius 3 is 2.85 bits per heavy atom. The summed E-state index contributed by atoms with van der Waals surface area (Å²) in [5.41, 5.74) is 0.934. The van der Waals surface area contributed by atoms with E-state index < -0.39 is 0 Å². The van der Waals surface area contributed by atoms with E-state index in [9.17, 15) is 4.79 Å². The molecule has 0 bridgehead atoms. The van der Waals surface area contributed by atoms with E-state index in [0.29, 0.717) is 12.6 Å². The zero-order valence-corrected chi connectivity index (χ0v) is 12.2. The molecule has 1 heterocycles. The van der Waals surface area contributed by atoms with Gasteiger partial charge in [-0.05, 0) is 44.4 Å². The molecule has 0 radical (unpaired) electrons. The zero-order valence-electron chi connectivity index (χ0n) is 12.2. The zero-order chi connectivity index (χ0) is 14.4. The fraction of sp³-hybridized carbons (Fsp3) is 0.562. The summed E-state index contributed by atoms with van der Waals surface area (Å²) in [5, 5.41) is 8.94. The smallest absolute Gasteiger partial charge is 0.240 e. The van der Waals surface area contributed by atoms with E-state index in [2.05, 4.69) is 4.90 Å². The van der Waals surface area contributed by atoms with Crippen LogP contribution in [-0.2, 0) is 4.79 Å². The number of carbonyl (C=O) groups is 1. The number of likely N-dealkylation sites (tertiary alicyclic amines) is 1. The Morgan fingerprint density at radius 2 is 2.15 bits per heavy atom. The maximum atomic E-state index is 12.4. The van der Waals surface area contributed by atoms with Gasteiger partial charge in [-0.2, -0.15) is 0 Å². The number of benzene rings is 1. The summed E-state index contributed by atoms with van der Waals surface area (Å²) >= 11 is 0. The number of likely N-dealkylation sites (N-methyl/N-ethyl adjacent to an activating group) is 1. The van der Waals surface area contributed by atoms with Gasteiger partial charge in [0.1, 0.15) is 0 Å². The lowest BCUT2D eigenvalue weighted by molar-refractivity contribution is -0.119. The maximum Gasteiger partial charge on any atom is 0.240 e. The third-order valence-corrected chi connectivity index (χ3v) is 4.05. The van der Waals surface area contributed by atoms with E-state index >= 15 is 0 Å². The van der Waals surface area contributed by atoms with E-state index in [4.69, 9.17) is 5.11 Å². The summed E-state index contributed by atoms with van der Waals surface area (Å²) in [6, 6.07) is 10.2. The van der Waals surface area contributed by atoms with Gasteiger partial charge in [-0.1, -0.05) is 18.2 Å². The minimum atomic E-state index is 0.132. The first-order chi connectivity index (χ1) is 9.72. The van der Waals surface area contributed by atoms with E-state index in [1.165, 1.54) is 0 Å². The molecule has 2 rings (SSSR count). The minimum absolute atomic E-state index is 0.132. The van der Waals surface area contributed by atoms with Crippen molar-refractivity contribution in [3.05, 3.63) is 30.3 Å². The van der Waals surface area contributed by atoms with Gasteiger partial charge in [0.2, 0.25) is 5.91 Å². The number of hydrogen-bond donors (Lipinski definition) is 1. The summed E-state index contributed by atoms with van der Waals surface area (Å²) in [4.78, 5) is 16.3. The third-order valence-electron chi connectivity index (χ3n) is 4.05. The van der Waals surface area contributed by atoms with E-state index in [1.807, 2.05) is 37.4 Å². The average Bonchev–Trinajstić information content (AvgIpc) is 2.92. The molecule has 1 amide bonds. The molecular formula is C16H24N2O2. The molecule has 1 fully saturated rings. The molecule has 0 saturated carbocycles. The predicted octanol–water partition coefficient (Wildman–Crippen LogP) is 1.89. The van der Waals surface area contributed by atoms with Crippen LogP contribution in [0, 0.1) is 0 Å². The topological polar surface area (TPSA) is 43.8 Å². The van der Waals surface area contributed by atoms with Crippen LogP contribution in [0.1, 0.15) is 25.7 Å². The highest BCUT2D eigenvalue weighted by atomic mass is 16.3. The second-order valence-corrected chi connectivity index (χ2v) is 5.42. The van der Waals surface area contributed by atoms with E-state index in [-0.39, 0.29) is 12.5 Å². The molecule has 0 aromatic heterocycles. The Kier molecular flexibility index (Phi) is 5.56. The highest BCUT2D eigenvalue weighted by molar-refractivity contribution is 5.94. The summed E-state index contributed by atoms with van der Waals surface area (Å²) < 4.78 is 0. The van der Waals surface area contributed by atoms with Gasteiger partial charge < -0.3 is 10.0 Å². The number of rotatable bonds is 6. The van der Waals surface area contributed by atoms with Gasteiger partial charge in [0, 0.05) is 25.4 Å². The molecule has 1 unspecified atom stereocenters. The Bertz CT molecular complexity index is 422. The lowest BCUT2D eigenvalue weighted by atomic mass is 10.1. The van der Waals surface area contributed by atoms with Gasteiger partial charge in [-0.15, -0.1) is 0 Å². The van der Waals surface area contributed by atoms with Crippen molar-refractivity contribution in [1.82, 2.24) is 4.90 Å². The quantitative estimate of drug-likeness (QED) is 0.863. The molecule has 1 aliphatic rings. The van der Waals surface area contributed by atoms with Crippen molar-refractivity contribution >= 4 is 11.6 Å². The van der Waals surface area contributed by atoms with Crippen LogP contribution in [0.15, 0.2) is 30.3 Å².